The zero-order valence-corrected chi connectivity index (χ0v) is 25.2. The van der Waals surface area contributed by atoms with Crippen molar-refractivity contribution in [2.24, 2.45) is 0 Å². The fraction of sp³-hybridized carbons (Fsp3) is 0.412. The van der Waals surface area contributed by atoms with Crippen molar-refractivity contribution in [1.29, 1.82) is 0 Å². The van der Waals surface area contributed by atoms with Gasteiger partial charge in [0.05, 0.1) is 17.7 Å². The molecule has 0 aromatic heterocycles. The van der Waals surface area contributed by atoms with Crippen molar-refractivity contribution < 1.29 is 48.3 Å². The molecule has 1 fully saturated rings. The fourth-order valence-electron chi connectivity index (χ4n) is 4.98. The van der Waals surface area contributed by atoms with E-state index in [0.29, 0.717) is 11.1 Å². The highest BCUT2D eigenvalue weighted by atomic mass is 16.6. The van der Waals surface area contributed by atoms with Gasteiger partial charge < -0.3 is 29.2 Å². The van der Waals surface area contributed by atoms with Crippen LogP contribution in [0, 0.1) is 0 Å². The quantitative estimate of drug-likeness (QED) is 0.182. The van der Waals surface area contributed by atoms with Crippen molar-refractivity contribution >= 4 is 23.9 Å². The van der Waals surface area contributed by atoms with Crippen LogP contribution in [-0.2, 0) is 34.0 Å². The molecule has 0 spiro atoms. The van der Waals surface area contributed by atoms with Crippen LogP contribution in [0.2, 0.25) is 0 Å². The number of ether oxygens (including phenoxy) is 4. The summed E-state index contributed by atoms with van der Waals surface area (Å²) in [5.74, 6) is -2.53. The lowest BCUT2D eigenvalue weighted by Crippen LogP contribution is -2.31. The third-order valence-corrected chi connectivity index (χ3v) is 7.44. The van der Waals surface area contributed by atoms with E-state index in [1.807, 2.05) is 24.3 Å². The van der Waals surface area contributed by atoms with E-state index in [4.69, 9.17) is 18.9 Å². The van der Waals surface area contributed by atoms with E-state index in [1.165, 1.54) is 13.8 Å². The molecular formula is C34H40O10. The largest absolute Gasteiger partial charge is 0.459 e. The molecule has 0 heterocycles. The third kappa shape index (κ3) is 9.11. The highest BCUT2D eigenvalue weighted by Gasteiger charge is 2.36. The lowest BCUT2D eigenvalue weighted by Gasteiger charge is -2.38. The van der Waals surface area contributed by atoms with Crippen LogP contribution in [0.4, 0.5) is 0 Å². The number of hydrogen-bond acceptors (Lipinski definition) is 10. The Balaban J connectivity index is 1.67. The van der Waals surface area contributed by atoms with E-state index in [0.717, 1.165) is 43.2 Å². The number of rotatable bonds is 14. The third-order valence-electron chi connectivity index (χ3n) is 7.44. The van der Waals surface area contributed by atoms with Gasteiger partial charge >= 0.3 is 23.9 Å². The molecule has 2 unspecified atom stereocenters. The number of carbonyl (C=O) groups is 4. The molecule has 10 heteroatoms. The molecule has 44 heavy (non-hydrogen) atoms. The van der Waals surface area contributed by atoms with E-state index in [9.17, 15) is 29.4 Å². The van der Waals surface area contributed by atoms with Gasteiger partial charge in [0, 0.05) is 16.6 Å². The summed E-state index contributed by atoms with van der Waals surface area (Å²) in [6, 6.07) is 14.3. The van der Waals surface area contributed by atoms with Crippen molar-refractivity contribution in [3.05, 3.63) is 95.1 Å². The van der Waals surface area contributed by atoms with Crippen LogP contribution in [0.15, 0.2) is 72.8 Å². The maximum atomic E-state index is 12.7. The maximum absolute atomic E-state index is 12.7. The van der Waals surface area contributed by atoms with Crippen LogP contribution >= 0.6 is 0 Å². The Bertz CT molecular complexity index is 1340. The van der Waals surface area contributed by atoms with Crippen molar-refractivity contribution in [2.75, 3.05) is 26.4 Å². The summed E-state index contributed by atoms with van der Waals surface area (Å²) in [7, 11) is 0. The first-order valence-electron chi connectivity index (χ1n) is 14.5. The first-order valence-corrected chi connectivity index (χ1v) is 14.5. The predicted molar refractivity (Wildman–Crippen MR) is 161 cm³/mol. The second-order valence-corrected chi connectivity index (χ2v) is 11.0. The van der Waals surface area contributed by atoms with Crippen LogP contribution in [-0.4, -0.2) is 72.7 Å². The maximum Gasteiger partial charge on any atom is 0.338 e. The van der Waals surface area contributed by atoms with Gasteiger partial charge in [-0.2, -0.15) is 0 Å². The summed E-state index contributed by atoms with van der Waals surface area (Å²) in [5, 5.41) is 19.5. The number of esters is 4. The molecule has 2 aromatic carbocycles. The molecule has 0 aliphatic heterocycles. The normalized spacial score (nSPS) is 15.3. The standard InChI is InChI=1S/C34H40O10/c1-22(2)30(37)41-19-28(36)20-42-32(39)24-8-12-26(13-9-24)34(16-6-5-7-17-34)27-14-10-25(11-15-27)33(40)44-29(18-35)21-43-31(38)23(3)4/h8-15,28-29,35-36H,1,3,5-7,16-21H2,2,4H3. The highest BCUT2D eigenvalue weighted by Crippen LogP contribution is 2.45. The van der Waals surface area contributed by atoms with Gasteiger partial charge in [-0.25, -0.2) is 19.2 Å². The summed E-state index contributed by atoms with van der Waals surface area (Å²) in [5.41, 5.74) is 2.73. The van der Waals surface area contributed by atoms with Crippen LogP contribution in [0.5, 0.6) is 0 Å². The van der Waals surface area contributed by atoms with Gasteiger partial charge in [0.25, 0.3) is 0 Å². The van der Waals surface area contributed by atoms with Crippen molar-refractivity contribution in [2.45, 2.75) is 63.6 Å². The van der Waals surface area contributed by atoms with Crippen molar-refractivity contribution in [3.8, 4) is 0 Å². The van der Waals surface area contributed by atoms with Crippen molar-refractivity contribution in [1.82, 2.24) is 0 Å². The zero-order valence-electron chi connectivity index (χ0n) is 25.2. The van der Waals surface area contributed by atoms with Crippen LogP contribution in [0.3, 0.4) is 0 Å². The van der Waals surface area contributed by atoms with Crippen LogP contribution < -0.4 is 0 Å². The number of aliphatic hydroxyl groups excluding tert-OH is 2. The zero-order chi connectivity index (χ0) is 32.3. The topological polar surface area (TPSA) is 146 Å². The molecule has 3 rings (SSSR count). The lowest BCUT2D eigenvalue weighted by atomic mass is 9.65. The van der Waals surface area contributed by atoms with Gasteiger partial charge in [-0.3, -0.25) is 0 Å². The van der Waals surface area contributed by atoms with E-state index >= 15 is 0 Å². The summed E-state index contributed by atoms with van der Waals surface area (Å²) in [6.07, 6.45) is 2.74. The molecule has 0 bridgehead atoms. The van der Waals surface area contributed by atoms with Crippen molar-refractivity contribution in [3.63, 3.8) is 0 Å². The smallest absolute Gasteiger partial charge is 0.338 e. The van der Waals surface area contributed by atoms with Gasteiger partial charge in [-0.1, -0.05) is 56.7 Å². The molecule has 2 atom stereocenters. The van der Waals surface area contributed by atoms with Gasteiger partial charge in [0.2, 0.25) is 0 Å². The molecular weight excluding hydrogens is 568 g/mol. The first kappa shape index (κ1) is 34.2. The van der Waals surface area contributed by atoms with Gasteiger partial charge in [0.1, 0.15) is 25.9 Å². The average Bonchev–Trinajstić information content (AvgIpc) is 3.04. The number of hydrogen-bond donors (Lipinski definition) is 2. The monoisotopic (exact) mass is 608 g/mol. The number of benzene rings is 2. The summed E-state index contributed by atoms with van der Waals surface area (Å²) in [4.78, 5) is 48.4. The lowest BCUT2D eigenvalue weighted by molar-refractivity contribution is -0.143. The molecule has 1 saturated carbocycles. The Morgan fingerprint density at radius 3 is 1.66 bits per heavy atom. The summed E-state index contributed by atoms with van der Waals surface area (Å²) in [6.45, 7) is 8.50. The second-order valence-electron chi connectivity index (χ2n) is 11.0. The fourth-order valence-corrected chi connectivity index (χ4v) is 4.98. The first-order chi connectivity index (χ1) is 21.0. The van der Waals surface area contributed by atoms with E-state index in [2.05, 4.69) is 13.2 Å². The molecule has 0 amide bonds. The van der Waals surface area contributed by atoms with Crippen LogP contribution in [0.25, 0.3) is 0 Å². The second kappa shape index (κ2) is 16.0. The van der Waals surface area contributed by atoms with E-state index in [1.54, 1.807) is 24.3 Å². The molecule has 2 aromatic rings. The summed E-state index contributed by atoms with van der Waals surface area (Å²) >= 11 is 0. The minimum Gasteiger partial charge on any atom is -0.459 e. The average molecular weight is 609 g/mol. The van der Waals surface area contributed by atoms with Gasteiger partial charge in [-0.05, 0) is 62.1 Å². The van der Waals surface area contributed by atoms with Gasteiger partial charge in [0.15, 0.2) is 6.10 Å². The van der Waals surface area contributed by atoms with E-state index in [-0.39, 0.29) is 36.4 Å². The molecule has 1 aliphatic rings. The van der Waals surface area contributed by atoms with Gasteiger partial charge in [-0.15, -0.1) is 0 Å². The molecule has 10 nitrogen and oxygen atoms in total. The minimum atomic E-state index is -1.17. The molecule has 1 aliphatic carbocycles. The Labute approximate surface area is 257 Å². The summed E-state index contributed by atoms with van der Waals surface area (Å²) < 4.78 is 20.4. The minimum absolute atomic E-state index is 0.199. The highest BCUT2D eigenvalue weighted by molar-refractivity contribution is 5.90. The van der Waals surface area contributed by atoms with E-state index < -0.39 is 42.7 Å². The Morgan fingerprint density at radius 1 is 0.727 bits per heavy atom. The van der Waals surface area contributed by atoms with Crippen LogP contribution in [0.1, 0.15) is 77.8 Å². The molecule has 2 N–H and O–H groups in total. The Hall–Kier alpha value is -4.28. The Morgan fingerprint density at radius 2 is 1.18 bits per heavy atom. The number of carbonyl (C=O) groups excluding carboxylic acids is 4. The number of aliphatic hydroxyl groups is 2. The Kier molecular flexibility index (Phi) is 12.4. The predicted octanol–water partition coefficient (Wildman–Crippen LogP) is 4.21. The molecule has 0 radical (unpaired) electrons. The SMILES string of the molecule is C=C(C)C(=O)OCC(O)COC(=O)c1ccc(C2(c3ccc(C(=O)OC(CO)COC(=O)C(=C)C)cc3)CCCCC2)cc1. The molecule has 0 saturated heterocycles. The molecule has 236 valence electrons.